The SMILES string of the molecule is Cc1ccc(-c2cc(C(C)(C)C)c3nc(C(=O)N4CCN(c5c[nH]cn5)C(=O)C4(C)C)cn3n2)cc1. The summed E-state index contributed by atoms with van der Waals surface area (Å²) in [5.41, 5.74) is 3.60. The summed E-state index contributed by atoms with van der Waals surface area (Å²) in [5, 5.41) is 4.79. The second kappa shape index (κ2) is 8.29. The number of anilines is 1. The number of benzene rings is 1. The van der Waals surface area contributed by atoms with E-state index in [4.69, 9.17) is 10.1 Å². The van der Waals surface area contributed by atoms with Crippen LogP contribution in [0, 0.1) is 6.92 Å². The van der Waals surface area contributed by atoms with Crippen molar-refractivity contribution in [3.05, 3.63) is 65.9 Å². The topological polar surface area (TPSA) is 99.5 Å². The molecule has 9 heteroatoms. The van der Waals surface area contributed by atoms with Crippen molar-refractivity contribution in [1.82, 2.24) is 29.5 Å². The summed E-state index contributed by atoms with van der Waals surface area (Å²) in [6.07, 6.45) is 4.89. The highest BCUT2D eigenvalue weighted by Crippen LogP contribution is 2.31. The van der Waals surface area contributed by atoms with E-state index < -0.39 is 5.54 Å². The zero-order chi connectivity index (χ0) is 25.8. The van der Waals surface area contributed by atoms with Crippen LogP contribution in [-0.4, -0.2) is 59.9 Å². The van der Waals surface area contributed by atoms with Gasteiger partial charge in [0.25, 0.3) is 11.8 Å². The normalized spacial score (nSPS) is 16.1. The maximum absolute atomic E-state index is 13.7. The molecular formula is C27H31N7O2. The van der Waals surface area contributed by atoms with E-state index in [9.17, 15) is 9.59 Å². The highest BCUT2D eigenvalue weighted by atomic mass is 16.2. The third kappa shape index (κ3) is 3.94. The van der Waals surface area contributed by atoms with Crippen LogP contribution in [0.3, 0.4) is 0 Å². The molecule has 0 atom stereocenters. The Kier molecular flexibility index (Phi) is 5.46. The van der Waals surface area contributed by atoms with Crippen LogP contribution >= 0.6 is 0 Å². The molecule has 1 aliphatic heterocycles. The van der Waals surface area contributed by atoms with E-state index in [0.717, 1.165) is 16.8 Å². The van der Waals surface area contributed by atoms with E-state index in [-0.39, 0.29) is 22.9 Å². The molecule has 1 aromatic carbocycles. The number of H-pyrrole nitrogens is 1. The Morgan fingerprint density at radius 1 is 1.11 bits per heavy atom. The molecular weight excluding hydrogens is 454 g/mol. The van der Waals surface area contributed by atoms with Crippen molar-refractivity contribution < 1.29 is 9.59 Å². The molecule has 4 heterocycles. The summed E-state index contributed by atoms with van der Waals surface area (Å²) in [6, 6.07) is 10.3. The fraction of sp³-hybridized carbons (Fsp3) is 0.370. The largest absolute Gasteiger partial charge is 0.349 e. The highest BCUT2D eigenvalue weighted by molar-refractivity contribution is 6.05. The van der Waals surface area contributed by atoms with Gasteiger partial charge >= 0.3 is 0 Å². The van der Waals surface area contributed by atoms with Crippen molar-refractivity contribution in [1.29, 1.82) is 0 Å². The van der Waals surface area contributed by atoms with E-state index in [2.05, 4.69) is 55.9 Å². The van der Waals surface area contributed by atoms with Crippen LogP contribution in [0.4, 0.5) is 5.82 Å². The van der Waals surface area contributed by atoms with E-state index in [1.165, 1.54) is 11.9 Å². The van der Waals surface area contributed by atoms with Gasteiger partial charge in [0, 0.05) is 30.4 Å². The average Bonchev–Trinajstić information content (AvgIpc) is 3.49. The third-order valence-corrected chi connectivity index (χ3v) is 6.80. The second-order valence-electron chi connectivity index (χ2n) is 10.9. The Balaban J connectivity index is 1.53. The van der Waals surface area contributed by atoms with Crippen LogP contribution < -0.4 is 4.90 Å². The molecule has 1 N–H and O–H groups in total. The predicted molar refractivity (Wildman–Crippen MR) is 138 cm³/mol. The number of aromatic amines is 1. The monoisotopic (exact) mass is 485 g/mol. The molecule has 3 aromatic heterocycles. The first kappa shape index (κ1) is 23.7. The first-order valence-electron chi connectivity index (χ1n) is 12.1. The van der Waals surface area contributed by atoms with Crippen LogP contribution in [0.25, 0.3) is 16.9 Å². The first-order valence-corrected chi connectivity index (χ1v) is 12.1. The second-order valence-corrected chi connectivity index (χ2v) is 10.9. The van der Waals surface area contributed by atoms with Gasteiger partial charge in [-0.1, -0.05) is 50.6 Å². The molecule has 5 rings (SSSR count). The third-order valence-electron chi connectivity index (χ3n) is 6.80. The van der Waals surface area contributed by atoms with Crippen molar-refractivity contribution in [3.63, 3.8) is 0 Å². The number of nitrogens with zero attached hydrogens (tertiary/aromatic N) is 6. The van der Waals surface area contributed by atoms with Gasteiger partial charge < -0.3 is 9.88 Å². The van der Waals surface area contributed by atoms with Gasteiger partial charge in [0.15, 0.2) is 11.5 Å². The van der Waals surface area contributed by atoms with Gasteiger partial charge in [0.1, 0.15) is 11.2 Å². The molecule has 0 bridgehead atoms. The number of hydrogen-bond acceptors (Lipinski definition) is 5. The number of rotatable bonds is 3. The maximum Gasteiger partial charge on any atom is 0.275 e. The lowest BCUT2D eigenvalue weighted by Gasteiger charge is -2.44. The van der Waals surface area contributed by atoms with Crippen molar-refractivity contribution in [3.8, 4) is 11.3 Å². The van der Waals surface area contributed by atoms with Crippen LogP contribution in [0.15, 0.2) is 49.1 Å². The molecule has 0 saturated carbocycles. The van der Waals surface area contributed by atoms with Crippen molar-refractivity contribution in [2.45, 2.75) is 52.5 Å². The standard InChI is InChI=1S/C27H31N7O2/c1-17-7-9-18(10-8-17)20-13-19(26(2,3)4)23-30-21(15-34(23)31-20)24(35)33-12-11-32(22-14-28-16-29-22)25(36)27(33,5)6/h7-10,13-16H,11-12H2,1-6H3,(H,28,29). The predicted octanol–water partition coefficient (Wildman–Crippen LogP) is 3.99. The van der Waals surface area contributed by atoms with Gasteiger partial charge in [-0.25, -0.2) is 14.5 Å². The molecule has 36 heavy (non-hydrogen) atoms. The van der Waals surface area contributed by atoms with Gasteiger partial charge in [0.05, 0.1) is 18.2 Å². The maximum atomic E-state index is 13.7. The van der Waals surface area contributed by atoms with Gasteiger partial charge in [-0.3, -0.25) is 14.5 Å². The van der Waals surface area contributed by atoms with E-state index >= 15 is 0 Å². The lowest BCUT2D eigenvalue weighted by atomic mass is 9.87. The van der Waals surface area contributed by atoms with Crippen LogP contribution in [0.5, 0.6) is 0 Å². The number of nitrogens with one attached hydrogen (secondary N) is 1. The number of piperazine rings is 1. The van der Waals surface area contributed by atoms with Gasteiger partial charge in [-0.2, -0.15) is 5.10 Å². The molecule has 0 aliphatic carbocycles. The number of fused-ring (bicyclic) bond motifs is 1. The molecule has 186 valence electrons. The Morgan fingerprint density at radius 2 is 1.83 bits per heavy atom. The zero-order valence-corrected chi connectivity index (χ0v) is 21.5. The van der Waals surface area contributed by atoms with E-state index in [1.54, 1.807) is 40.6 Å². The van der Waals surface area contributed by atoms with Crippen molar-refractivity contribution in [2.75, 3.05) is 18.0 Å². The number of imidazole rings is 2. The molecule has 1 saturated heterocycles. The summed E-state index contributed by atoms with van der Waals surface area (Å²) in [5.74, 6) is 0.0703. The van der Waals surface area contributed by atoms with Crippen LogP contribution in [-0.2, 0) is 10.2 Å². The number of carbonyl (C=O) groups excluding carboxylic acids is 2. The molecule has 1 aliphatic rings. The molecule has 0 spiro atoms. The average molecular weight is 486 g/mol. The molecule has 9 nitrogen and oxygen atoms in total. The molecule has 0 unspecified atom stereocenters. The summed E-state index contributed by atoms with van der Waals surface area (Å²) >= 11 is 0. The summed E-state index contributed by atoms with van der Waals surface area (Å²) in [4.78, 5) is 42.0. The Hall–Kier alpha value is -4.01. The fourth-order valence-electron chi connectivity index (χ4n) is 4.64. The minimum absolute atomic E-state index is 0.187. The van der Waals surface area contributed by atoms with E-state index in [1.807, 2.05) is 12.1 Å². The smallest absolute Gasteiger partial charge is 0.275 e. The number of amides is 2. The first-order chi connectivity index (χ1) is 17.0. The lowest BCUT2D eigenvalue weighted by molar-refractivity contribution is -0.129. The summed E-state index contributed by atoms with van der Waals surface area (Å²) in [6.45, 7) is 12.7. The van der Waals surface area contributed by atoms with Gasteiger partial charge in [0.2, 0.25) is 0 Å². The van der Waals surface area contributed by atoms with Crippen LogP contribution in [0.1, 0.15) is 56.2 Å². The minimum Gasteiger partial charge on any atom is -0.349 e. The summed E-state index contributed by atoms with van der Waals surface area (Å²) in [7, 11) is 0. The number of aryl methyl sites for hydroxylation is 1. The molecule has 0 radical (unpaired) electrons. The molecule has 4 aromatic rings. The number of carbonyl (C=O) groups is 2. The van der Waals surface area contributed by atoms with Crippen molar-refractivity contribution in [2.24, 2.45) is 0 Å². The summed E-state index contributed by atoms with van der Waals surface area (Å²) < 4.78 is 1.69. The minimum atomic E-state index is -1.06. The number of hydrogen-bond donors (Lipinski definition) is 1. The van der Waals surface area contributed by atoms with E-state index in [0.29, 0.717) is 24.6 Å². The quantitative estimate of drug-likeness (QED) is 0.473. The zero-order valence-electron chi connectivity index (χ0n) is 21.5. The Bertz CT molecular complexity index is 1440. The highest BCUT2D eigenvalue weighted by Gasteiger charge is 2.46. The molecule has 2 amide bonds. The lowest BCUT2D eigenvalue weighted by Crippen LogP contribution is -2.65. The number of aromatic nitrogens is 5. The fourth-order valence-corrected chi connectivity index (χ4v) is 4.64. The Labute approximate surface area is 210 Å². The Morgan fingerprint density at radius 3 is 2.47 bits per heavy atom. The van der Waals surface area contributed by atoms with Crippen LogP contribution in [0.2, 0.25) is 0 Å². The van der Waals surface area contributed by atoms with Gasteiger partial charge in [-0.15, -0.1) is 0 Å². The molecule has 1 fully saturated rings. The van der Waals surface area contributed by atoms with Gasteiger partial charge in [-0.05, 0) is 32.3 Å². The van der Waals surface area contributed by atoms with Crippen molar-refractivity contribution >= 4 is 23.3 Å².